The van der Waals surface area contributed by atoms with Crippen LogP contribution in [0.25, 0.3) is 0 Å². The van der Waals surface area contributed by atoms with Gasteiger partial charge in [-0.1, -0.05) is 26.2 Å². The molecular weight excluding hydrogens is 204 g/mol. The zero-order chi connectivity index (χ0) is 10.9. The van der Waals surface area contributed by atoms with E-state index in [0.29, 0.717) is 0 Å². The topological polar surface area (TPSA) is 38.9 Å². The summed E-state index contributed by atoms with van der Waals surface area (Å²) < 4.78 is 0. The Balaban J connectivity index is 2.27. The van der Waals surface area contributed by atoms with E-state index in [9.17, 15) is 0 Å². The number of hydrogen-bond acceptors (Lipinski definition) is 3. The van der Waals surface area contributed by atoms with Gasteiger partial charge in [-0.15, -0.1) is 11.3 Å². The highest BCUT2D eigenvalue weighted by Gasteiger charge is 2.32. The minimum absolute atomic E-state index is 0.110. The number of thiazole rings is 1. The molecule has 0 aromatic carbocycles. The van der Waals surface area contributed by atoms with E-state index < -0.39 is 0 Å². The molecule has 1 heterocycles. The van der Waals surface area contributed by atoms with Crippen molar-refractivity contribution in [2.24, 2.45) is 5.73 Å². The van der Waals surface area contributed by atoms with Gasteiger partial charge in [0.1, 0.15) is 5.01 Å². The summed E-state index contributed by atoms with van der Waals surface area (Å²) in [5.74, 6) is 0. The second kappa shape index (κ2) is 4.22. The molecule has 1 aromatic heterocycles. The number of rotatable bonds is 2. The first-order chi connectivity index (χ1) is 7.15. The summed E-state index contributed by atoms with van der Waals surface area (Å²) in [4.78, 5) is 6.07. The molecule has 0 bridgehead atoms. The summed E-state index contributed by atoms with van der Waals surface area (Å²) >= 11 is 1.81. The summed E-state index contributed by atoms with van der Waals surface area (Å²) in [7, 11) is 0. The second-order valence-electron chi connectivity index (χ2n) is 4.59. The Kier molecular flexibility index (Phi) is 3.12. The number of aromatic nitrogens is 1. The molecule has 1 aliphatic carbocycles. The number of nitrogens with two attached hydrogens (primary N) is 1. The van der Waals surface area contributed by atoms with Gasteiger partial charge in [-0.2, -0.15) is 0 Å². The van der Waals surface area contributed by atoms with Crippen molar-refractivity contribution in [3.63, 3.8) is 0 Å². The van der Waals surface area contributed by atoms with Gasteiger partial charge in [-0.3, -0.25) is 0 Å². The van der Waals surface area contributed by atoms with Gasteiger partial charge in [0.25, 0.3) is 0 Å². The normalized spacial score (nSPS) is 20.5. The van der Waals surface area contributed by atoms with Crippen molar-refractivity contribution < 1.29 is 0 Å². The monoisotopic (exact) mass is 224 g/mol. The van der Waals surface area contributed by atoms with E-state index in [2.05, 4.69) is 13.8 Å². The van der Waals surface area contributed by atoms with Crippen LogP contribution in [-0.4, -0.2) is 4.98 Å². The molecule has 15 heavy (non-hydrogen) atoms. The van der Waals surface area contributed by atoms with Crippen molar-refractivity contribution in [2.45, 2.75) is 57.9 Å². The van der Waals surface area contributed by atoms with Gasteiger partial charge in [0.05, 0.1) is 11.2 Å². The molecule has 2 nitrogen and oxygen atoms in total. The van der Waals surface area contributed by atoms with Crippen LogP contribution in [0.4, 0.5) is 0 Å². The molecule has 1 fully saturated rings. The molecule has 0 radical (unpaired) electrons. The van der Waals surface area contributed by atoms with Gasteiger partial charge in [0, 0.05) is 4.88 Å². The van der Waals surface area contributed by atoms with Crippen LogP contribution in [0.3, 0.4) is 0 Å². The fourth-order valence-corrected chi connectivity index (χ4v) is 3.53. The molecule has 3 heteroatoms. The summed E-state index contributed by atoms with van der Waals surface area (Å²) in [5, 5.41) is 1.18. The Morgan fingerprint density at radius 3 is 2.53 bits per heavy atom. The lowest BCUT2D eigenvalue weighted by Crippen LogP contribution is -2.38. The van der Waals surface area contributed by atoms with Crippen LogP contribution >= 0.6 is 11.3 Å². The average molecular weight is 224 g/mol. The fraction of sp³-hybridized carbons (Fsp3) is 0.750. The highest BCUT2D eigenvalue weighted by atomic mass is 32.1. The van der Waals surface area contributed by atoms with Crippen LogP contribution in [0.1, 0.15) is 54.6 Å². The van der Waals surface area contributed by atoms with E-state index in [-0.39, 0.29) is 5.54 Å². The molecular formula is C12H20N2S. The third-order valence-corrected chi connectivity index (χ3v) is 4.63. The van der Waals surface area contributed by atoms with Gasteiger partial charge in [-0.05, 0) is 26.2 Å². The first-order valence-electron chi connectivity index (χ1n) is 5.91. The number of aryl methyl sites for hydroxylation is 2. The first kappa shape index (κ1) is 11.1. The van der Waals surface area contributed by atoms with Crippen molar-refractivity contribution in [3.05, 3.63) is 15.6 Å². The fourth-order valence-electron chi connectivity index (χ4n) is 2.37. The number of hydrogen-bond donors (Lipinski definition) is 1. The van der Waals surface area contributed by atoms with E-state index >= 15 is 0 Å². The lowest BCUT2D eigenvalue weighted by atomic mass is 9.83. The van der Waals surface area contributed by atoms with Crippen molar-refractivity contribution >= 4 is 11.3 Å². The minimum atomic E-state index is -0.110. The van der Waals surface area contributed by atoms with Crippen molar-refractivity contribution in [1.29, 1.82) is 0 Å². The molecule has 0 aliphatic heterocycles. The molecule has 0 saturated heterocycles. The molecule has 2 N–H and O–H groups in total. The summed E-state index contributed by atoms with van der Waals surface area (Å²) in [6, 6.07) is 0. The van der Waals surface area contributed by atoms with Crippen LogP contribution < -0.4 is 5.73 Å². The SMILES string of the molecule is CCc1nc(C2(N)CCCCC2)sc1C. The van der Waals surface area contributed by atoms with E-state index in [1.807, 2.05) is 11.3 Å². The van der Waals surface area contributed by atoms with E-state index in [1.54, 1.807) is 0 Å². The maximum atomic E-state index is 6.47. The van der Waals surface area contributed by atoms with Gasteiger partial charge in [0.2, 0.25) is 0 Å². The van der Waals surface area contributed by atoms with Crippen molar-refractivity contribution in [3.8, 4) is 0 Å². The molecule has 1 aromatic rings. The molecule has 0 amide bonds. The molecule has 84 valence electrons. The molecule has 1 saturated carbocycles. The first-order valence-corrected chi connectivity index (χ1v) is 6.73. The third-order valence-electron chi connectivity index (χ3n) is 3.40. The number of nitrogens with zero attached hydrogens (tertiary/aromatic N) is 1. The van der Waals surface area contributed by atoms with Crippen LogP contribution in [-0.2, 0) is 12.0 Å². The van der Waals surface area contributed by atoms with Crippen molar-refractivity contribution in [1.82, 2.24) is 4.98 Å². The highest BCUT2D eigenvalue weighted by Crippen LogP contribution is 2.37. The van der Waals surface area contributed by atoms with E-state index in [1.165, 1.54) is 34.8 Å². The third kappa shape index (κ3) is 2.08. The Morgan fingerprint density at radius 2 is 2.00 bits per heavy atom. The minimum Gasteiger partial charge on any atom is -0.319 e. The average Bonchev–Trinajstić information content (AvgIpc) is 2.61. The zero-order valence-electron chi connectivity index (χ0n) is 9.68. The molecule has 0 unspecified atom stereocenters. The van der Waals surface area contributed by atoms with Crippen molar-refractivity contribution in [2.75, 3.05) is 0 Å². The largest absolute Gasteiger partial charge is 0.319 e. The predicted molar refractivity (Wildman–Crippen MR) is 65.2 cm³/mol. The molecule has 0 spiro atoms. The van der Waals surface area contributed by atoms with Gasteiger partial charge in [0.15, 0.2) is 0 Å². The Labute approximate surface area is 95.9 Å². The summed E-state index contributed by atoms with van der Waals surface area (Å²) in [6.07, 6.45) is 7.11. The predicted octanol–water partition coefficient (Wildman–Crippen LogP) is 3.13. The molecule has 2 rings (SSSR count). The lowest BCUT2D eigenvalue weighted by Gasteiger charge is -2.31. The maximum absolute atomic E-state index is 6.47. The molecule has 0 atom stereocenters. The standard InChI is InChI=1S/C12H20N2S/c1-3-10-9(2)15-11(14-10)12(13)7-5-4-6-8-12/h3-8,13H2,1-2H3. The highest BCUT2D eigenvalue weighted by molar-refractivity contribution is 7.11. The molecule has 1 aliphatic rings. The Morgan fingerprint density at radius 1 is 1.33 bits per heavy atom. The van der Waals surface area contributed by atoms with Crippen LogP contribution in [0.15, 0.2) is 0 Å². The van der Waals surface area contributed by atoms with Gasteiger partial charge in [-0.25, -0.2) is 4.98 Å². The maximum Gasteiger partial charge on any atom is 0.113 e. The Hall–Kier alpha value is -0.410. The smallest absolute Gasteiger partial charge is 0.113 e. The second-order valence-corrected chi connectivity index (χ2v) is 5.80. The van der Waals surface area contributed by atoms with Crippen LogP contribution in [0.2, 0.25) is 0 Å². The Bertz CT molecular complexity index is 337. The van der Waals surface area contributed by atoms with E-state index in [0.717, 1.165) is 19.3 Å². The van der Waals surface area contributed by atoms with Crippen LogP contribution in [0.5, 0.6) is 0 Å². The quantitative estimate of drug-likeness (QED) is 0.838. The summed E-state index contributed by atoms with van der Waals surface area (Å²) in [5.41, 5.74) is 7.60. The summed E-state index contributed by atoms with van der Waals surface area (Å²) in [6.45, 7) is 4.32. The van der Waals surface area contributed by atoms with Crippen LogP contribution in [0, 0.1) is 6.92 Å². The lowest BCUT2D eigenvalue weighted by molar-refractivity contribution is 0.301. The van der Waals surface area contributed by atoms with E-state index in [4.69, 9.17) is 10.7 Å². The zero-order valence-corrected chi connectivity index (χ0v) is 10.5. The van der Waals surface area contributed by atoms with Gasteiger partial charge >= 0.3 is 0 Å². The van der Waals surface area contributed by atoms with Gasteiger partial charge < -0.3 is 5.73 Å².